The first-order valence-electron chi connectivity index (χ1n) is 5.52. The molecule has 2 aromatic rings. The Bertz CT molecular complexity index is 520. The number of thioether (sulfide) groups is 1. The molecule has 0 unspecified atom stereocenters. The number of halogens is 1. The Morgan fingerprint density at radius 1 is 1.06 bits per heavy atom. The van der Waals surface area contributed by atoms with E-state index >= 15 is 0 Å². The maximum atomic E-state index is 13.7. The largest absolute Gasteiger partial charge is 0.497 e. The third-order valence-electron chi connectivity index (χ3n) is 2.35. The van der Waals surface area contributed by atoms with Gasteiger partial charge in [0.2, 0.25) is 0 Å². The molecular weight excluding hydrogens is 247 g/mol. The maximum absolute atomic E-state index is 13.7. The molecule has 0 aliphatic carbocycles. The molecule has 0 bridgehead atoms. The van der Waals surface area contributed by atoms with E-state index in [1.54, 1.807) is 7.11 Å². The van der Waals surface area contributed by atoms with Crippen molar-refractivity contribution >= 4 is 17.8 Å². The molecule has 0 heterocycles. The summed E-state index contributed by atoms with van der Waals surface area (Å²) >= 11 is 1.10. The predicted molar refractivity (Wildman–Crippen MR) is 74.4 cm³/mol. The van der Waals surface area contributed by atoms with Crippen LogP contribution in [0, 0.1) is 0 Å². The Morgan fingerprint density at radius 2 is 1.72 bits per heavy atom. The third-order valence-corrected chi connectivity index (χ3v) is 3.18. The van der Waals surface area contributed by atoms with E-state index in [0.29, 0.717) is 0 Å². The Balaban J connectivity index is 2.06. The van der Waals surface area contributed by atoms with Crippen LogP contribution >= 0.6 is 11.8 Å². The van der Waals surface area contributed by atoms with E-state index in [-0.39, 0.29) is 5.16 Å². The maximum Gasteiger partial charge on any atom is 0.161 e. The summed E-state index contributed by atoms with van der Waals surface area (Å²) in [4.78, 5) is 0.848. The first-order chi connectivity index (χ1) is 8.78. The normalized spacial score (nSPS) is 11.3. The van der Waals surface area contributed by atoms with Crippen LogP contribution in [0.4, 0.5) is 4.39 Å². The van der Waals surface area contributed by atoms with Crippen LogP contribution in [0.15, 0.2) is 64.7 Å². The molecule has 0 atom stereocenters. The number of ether oxygens (including phenoxy) is 1. The van der Waals surface area contributed by atoms with Gasteiger partial charge < -0.3 is 4.74 Å². The zero-order valence-electron chi connectivity index (χ0n) is 9.97. The van der Waals surface area contributed by atoms with Crippen molar-refractivity contribution in [3.05, 3.63) is 65.3 Å². The molecular formula is C15H13FOS. The molecule has 0 aliphatic heterocycles. The van der Waals surface area contributed by atoms with Gasteiger partial charge in [0.1, 0.15) is 5.75 Å². The lowest BCUT2D eigenvalue weighted by molar-refractivity contribution is 0.414. The summed E-state index contributed by atoms with van der Waals surface area (Å²) in [7, 11) is 1.61. The van der Waals surface area contributed by atoms with E-state index in [2.05, 4.69) is 0 Å². The second kappa shape index (κ2) is 6.26. The van der Waals surface area contributed by atoms with Crippen LogP contribution in [0.3, 0.4) is 0 Å². The van der Waals surface area contributed by atoms with Crippen LogP contribution in [-0.2, 0) is 0 Å². The molecule has 0 aliphatic rings. The van der Waals surface area contributed by atoms with Crippen molar-refractivity contribution in [1.82, 2.24) is 0 Å². The van der Waals surface area contributed by atoms with Gasteiger partial charge in [-0.05, 0) is 35.9 Å². The lowest BCUT2D eigenvalue weighted by atomic mass is 10.2. The molecule has 2 rings (SSSR count). The van der Waals surface area contributed by atoms with Gasteiger partial charge in [-0.25, -0.2) is 0 Å². The average Bonchev–Trinajstić information content (AvgIpc) is 2.40. The molecule has 92 valence electrons. The zero-order valence-corrected chi connectivity index (χ0v) is 10.8. The van der Waals surface area contributed by atoms with Crippen LogP contribution in [0.2, 0.25) is 0 Å². The minimum Gasteiger partial charge on any atom is -0.497 e. The molecule has 18 heavy (non-hydrogen) atoms. The molecule has 0 aromatic heterocycles. The van der Waals surface area contributed by atoms with E-state index in [0.717, 1.165) is 28.0 Å². The van der Waals surface area contributed by atoms with Gasteiger partial charge in [0.15, 0.2) is 5.16 Å². The predicted octanol–water partition coefficient (Wildman–Crippen LogP) is 4.76. The lowest BCUT2D eigenvalue weighted by Crippen LogP contribution is -1.81. The van der Waals surface area contributed by atoms with Gasteiger partial charge in [0.25, 0.3) is 0 Å². The molecule has 0 amide bonds. The second-order valence-corrected chi connectivity index (χ2v) is 4.70. The van der Waals surface area contributed by atoms with Crippen LogP contribution < -0.4 is 4.74 Å². The van der Waals surface area contributed by atoms with Crippen molar-refractivity contribution in [2.24, 2.45) is 0 Å². The van der Waals surface area contributed by atoms with Crippen molar-refractivity contribution in [2.75, 3.05) is 7.11 Å². The standard InChI is InChI=1S/C15H13FOS/c1-17-13-7-9-14(10-8-13)18-15(16)11-12-5-3-2-4-6-12/h2-11H,1H3. The van der Waals surface area contributed by atoms with Crippen molar-refractivity contribution in [3.8, 4) is 5.75 Å². The molecule has 0 N–H and O–H groups in total. The molecule has 0 saturated heterocycles. The van der Waals surface area contributed by atoms with E-state index < -0.39 is 0 Å². The zero-order chi connectivity index (χ0) is 12.8. The summed E-state index contributed by atoms with van der Waals surface area (Å²) < 4.78 is 18.8. The number of rotatable bonds is 4. The minimum absolute atomic E-state index is 0.230. The van der Waals surface area contributed by atoms with Crippen LogP contribution in [-0.4, -0.2) is 7.11 Å². The van der Waals surface area contributed by atoms with Crippen molar-refractivity contribution in [2.45, 2.75) is 4.90 Å². The summed E-state index contributed by atoms with van der Waals surface area (Å²) in [6, 6.07) is 16.7. The highest BCUT2D eigenvalue weighted by molar-refractivity contribution is 8.03. The smallest absolute Gasteiger partial charge is 0.161 e. The first-order valence-corrected chi connectivity index (χ1v) is 6.34. The SMILES string of the molecule is COc1ccc(SC(F)=Cc2ccccc2)cc1. The average molecular weight is 260 g/mol. The highest BCUT2D eigenvalue weighted by Gasteiger charge is 2.00. The van der Waals surface area contributed by atoms with Gasteiger partial charge in [0, 0.05) is 4.90 Å². The molecule has 2 aromatic carbocycles. The van der Waals surface area contributed by atoms with Gasteiger partial charge >= 0.3 is 0 Å². The highest BCUT2D eigenvalue weighted by Crippen LogP contribution is 2.30. The summed E-state index contributed by atoms with van der Waals surface area (Å²) in [6.07, 6.45) is 1.52. The Kier molecular flexibility index (Phi) is 4.42. The number of hydrogen-bond acceptors (Lipinski definition) is 2. The van der Waals surface area contributed by atoms with Crippen LogP contribution in [0.25, 0.3) is 6.08 Å². The number of hydrogen-bond donors (Lipinski definition) is 0. The van der Waals surface area contributed by atoms with Crippen molar-refractivity contribution in [1.29, 1.82) is 0 Å². The Morgan fingerprint density at radius 3 is 2.33 bits per heavy atom. The van der Waals surface area contributed by atoms with E-state index in [1.165, 1.54) is 6.08 Å². The molecule has 0 saturated carbocycles. The summed E-state index contributed by atoms with van der Waals surface area (Å²) in [6.45, 7) is 0. The second-order valence-electron chi connectivity index (χ2n) is 3.64. The molecule has 1 nitrogen and oxygen atoms in total. The first kappa shape index (κ1) is 12.7. The van der Waals surface area contributed by atoms with Gasteiger partial charge in [0.05, 0.1) is 7.11 Å². The molecule has 0 spiro atoms. The van der Waals surface area contributed by atoms with Gasteiger partial charge in [-0.1, -0.05) is 42.1 Å². The fourth-order valence-electron chi connectivity index (χ4n) is 1.47. The highest BCUT2D eigenvalue weighted by atomic mass is 32.2. The quantitative estimate of drug-likeness (QED) is 0.733. The monoisotopic (exact) mass is 260 g/mol. The summed E-state index contributed by atoms with van der Waals surface area (Å²) in [5.74, 6) is 0.770. The van der Waals surface area contributed by atoms with Crippen LogP contribution in [0.1, 0.15) is 5.56 Å². The molecule has 0 radical (unpaired) electrons. The lowest BCUT2D eigenvalue weighted by Gasteiger charge is -2.01. The van der Waals surface area contributed by atoms with E-state index in [1.807, 2.05) is 54.6 Å². The van der Waals surface area contributed by atoms with Gasteiger partial charge in [-0.15, -0.1) is 0 Å². The molecule has 0 fully saturated rings. The summed E-state index contributed by atoms with van der Waals surface area (Å²) in [5.41, 5.74) is 0.857. The van der Waals surface area contributed by atoms with Gasteiger partial charge in [-0.3, -0.25) is 0 Å². The van der Waals surface area contributed by atoms with E-state index in [9.17, 15) is 4.39 Å². The van der Waals surface area contributed by atoms with Gasteiger partial charge in [-0.2, -0.15) is 4.39 Å². The number of benzene rings is 2. The van der Waals surface area contributed by atoms with Crippen molar-refractivity contribution in [3.63, 3.8) is 0 Å². The van der Waals surface area contributed by atoms with Crippen LogP contribution in [0.5, 0.6) is 5.75 Å². The van der Waals surface area contributed by atoms with Crippen molar-refractivity contribution < 1.29 is 9.13 Å². The molecule has 3 heteroatoms. The number of methoxy groups -OCH3 is 1. The Labute approximate surface area is 110 Å². The Hall–Kier alpha value is -1.74. The fourth-order valence-corrected chi connectivity index (χ4v) is 2.16. The fraction of sp³-hybridized carbons (Fsp3) is 0.0667. The topological polar surface area (TPSA) is 9.23 Å². The summed E-state index contributed by atoms with van der Waals surface area (Å²) in [5, 5.41) is -0.230. The van der Waals surface area contributed by atoms with E-state index in [4.69, 9.17) is 4.74 Å². The third kappa shape index (κ3) is 3.64. The minimum atomic E-state index is -0.230.